The highest BCUT2D eigenvalue weighted by molar-refractivity contribution is 7.92. The summed E-state index contributed by atoms with van der Waals surface area (Å²) in [5.41, 5.74) is 0.638. The van der Waals surface area contributed by atoms with Gasteiger partial charge in [0.1, 0.15) is 12.4 Å². The first-order valence-corrected chi connectivity index (χ1v) is 7.22. The zero-order chi connectivity index (χ0) is 14.6. The van der Waals surface area contributed by atoms with Crippen LogP contribution in [0.5, 0.6) is 0 Å². The number of sulfonamides is 1. The van der Waals surface area contributed by atoms with Crippen molar-refractivity contribution in [2.45, 2.75) is 4.90 Å². The third-order valence-electron chi connectivity index (χ3n) is 2.54. The molecule has 0 aliphatic heterocycles. The van der Waals surface area contributed by atoms with Crippen molar-refractivity contribution in [2.75, 3.05) is 11.3 Å². The summed E-state index contributed by atoms with van der Waals surface area (Å²) in [5, 5.41) is 12.5. The van der Waals surface area contributed by atoms with Crippen LogP contribution >= 0.6 is 0 Å². The molecule has 104 valence electrons. The second-order valence-electron chi connectivity index (χ2n) is 3.93. The van der Waals surface area contributed by atoms with Gasteiger partial charge in [0.2, 0.25) is 0 Å². The number of hydrogen-bond acceptors (Lipinski definition) is 4. The van der Waals surface area contributed by atoms with Crippen LogP contribution in [0.1, 0.15) is 5.56 Å². The van der Waals surface area contributed by atoms with Crippen molar-refractivity contribution in [2.24, 2.45) is 7.05 Å². The van der Waals surface area contributed by atoms with E-state index in [9.17, 15) is 8.42 Å². The Kier molecular flexibility index (Phi) is 4.08. The van der Waals surface area contributed by atoms with E-state index in [0.717, 1.165) is 0 Å². The highest BCUT2D eigenvalue weighted by Crippen LogP contribution is 2.15. The fourth-order valence-corrected chi connectivity index (χ4v) is 2.62. The quantitative estimate of drug-likeness (QED) is 0.810. The van der Waals surface area contributed by atoms with Gasteiger partial charge in [0.15, 0.2) is 0 Å². The Hall–Kier alpha value is -2.30. The fourth-order valence-electron chi connectivity index (χ4n) is 1.53. The number of anilines is 1. The van der Waals surface area contributed by atoms with E-state index in [1.54, 1.807) is 25.2 Å². The van der Waals surface area contributed by atoms with Gasteiger partial charge in [-0.15, -0.1) is 0 Å². The Morgan fingerprint density at radius 2 is 2.00 bits per heavy atom. The number of aryl methyl sites for hydroxylation is 1. The van der Waals surface area contributed by atoms with Crippen LogP contribution in [0.2, 0.25) is 0 Å². The lowest BCUT2D eigenvalue weighted by Crippen LogP contribution is -2.15. The van der Waals surface area contributed by atoms with Gasteiger partial charge in [0.25, 0.3) is 10.0 Å². The summed E-state index contributed by atoms with van der Waals surface area (Å²) >= 11 is 0. The number of rotatable bonds is 3. The molecule has 0 aliphatic carbocycles. The summed E-state index contributed by atoms with van der Waals surface area (Å²) in [6.45, 7) is -0.234. The third kappa shape index (κ3) is 3.17. The number of benzene rings is 1. The van der Waals surface area contributed by atoms with Crippen molar-refractivity contribution in [3.05, 3.63) is 42.1 Å². The molecule has 2 N–H and O–H groups in total. The Bertz CT molecular complexity index is 752. The van der Waals surface area contributed by atoms with Crippen LogP contribution in [0.25, 0.3) is 0 Å². The highest BCUT2D eigenvalue weighted by Gasteiger charge is 2.15. The summed E-state index contributed by atoms with van der Waals surface area (Å²) in [6.07, 6.45) is 1.51. The van der Waals surface area contributed by atoms with E-state index < -0.39 is 10.0 Å². The average molecular weight is 291 g/mol. The number of aliphatic hydroxyl groups is 1. The summed E-state index contributed by atoms with van der Waals surface area (Å²) in [4.78, 5) is 0.133. The lowest BCUT2D eigenvalue weighted by Gasteiger charge is -2.07. The van der Waals surface area contributed by atoms with Gasteiger partial charge in [-0.2, -0.15) is 5.10 Å². The topological polar surface area (TPSA) is 84.2 Å². The van der Waals surface area contributed by atoms with E-state index in [4.69, 9.17) is 5.11 Å². The molecule has 7 heteroatoms. The first-order valence-electron chi connectivity index (χ1n) is 5.73. The molecule has 0 unspecified atom stereocenters. The zero-order valence-electron chi connectivity index (χ0n) is 10.7. The van der Waals surface area contributed by atoms with Crippen LogP contribution in [-0.2, 0) is 17.1 Å². The van der Waals surface area contributed by atoms with Gasteiger partial charge < -0.3 is 5.11 Å². The normalized spacial score (nSPS) is 10.7. The molecular formula is C13H13N3O3S. The molecule has 0 amide bonds. The van der Waals surface area contributed by atoms with Crippen molar-refractivity contribution >= 4 is 15.8 Å². The largest absolute Gasteiger partial charge is 0.384 e. The molecule has 20 heavy (non-hydrogen) atoms. The smallest absolute Gasteiger partial charge is 0.263 e. The van der Waals surface area contributed by atoms with E-state index in [1.807, 2.05) is 0 Å². The zero-order valence-corrected chi connectivity index (χ0v) is 11.6. The van der Waals surface area contributed by atoms with Crippen LogP contribution in [0, 0.1) is 11.8 Å². The standard InChI is InChI=1S/C13H13N3O3S/c1-16-13(8-9-14-16)15-20(18,19)12-6-4-11(5-7-12)3-2-10-17/h4-9,15,17H,10H2,1H3. The predicted octanol–water partition coefficient (Wildman–Crippen LogP) is 0.565. The van der Waals surface area contributed by atoms with Gasteiger partial charge >= 0.3 is 0 Å². The summed E-state index contributed by atoms with van der Waals surface area (Å²) in [5.74, 6) is 5.58. The predicted molar refractivity (Wildman–Crippen MR) is 74.4 cm³/mol. The molecule has 1 aromatic carbocycles. The minimum absolute atomic E-state index is 0.133. The molecule has 0 bridgehead atoms. The molecule has 0 aliphatic rings. The number of nitrogens with one attached hydrogen (secondary N) is 1. The van der Waals surface area contributed by atoms with E-state index in [-0.39, 0.29) is 11.5 Å². The van der Waals surface area contributed by atoms with Gasteiger partial charge in [-0.1, -0.05) is 11.8 Å². The van der Waals surface area contributed by atoms with Gasteiger partial charge in [-0.3, -0.25) is 9.40 Å². The number of nitrogens with zero attached hydrogens (tertiary/aromatic N) is 2. The molecule has 0 atom stereocenters. The Morgan fingerprint density at radius 1 is 1.30 bits per heavy atom. The summed E-state index contributed by atoms with van der Waals surface area (Å²) < 4.78 is 28.2. The Balaban J connectivity index is 2.24. The summed E-state index contributed by atoms with van der Waals surface area (Å²) in [6, 6.07) is 7.65. The molecule has 0 saturated heterocycles. The molecule has 0 fully saturated rings. The Labute approximate surface area is 117 Å². The lowest BCUT2D eigenvalue weighted by atomic mass is 10.2. The Morgan fingerprint density at radius 3 is 2.55 bits per heavy atom. The van der Waals surface area contributed by atoms with Crippen LogP contribution in [0.15, 0.2) is 41.4 Å². The van der Waals surface area contributed by atoms with Crippen molar-refractivity contribution in [3.8, 4) is 11.8 Å². The molecule has 2 rings (SSSR count). The van der Waals surface area contributed by atoms with Crippen molar-refractivity contribution in [3.63, 3.8) is 0 Å². The minimum atomic E-state index is -3.65. The molecule has 0 radical (unpaired) electrons. The monoisotopic (exact) mass is 291 g/mol. The first kappa shape index (κ1) is 14.1. The molecule has 6 nitrogen and oxygen atoms in total. The van der Waals surface area contributed by atoms with Crippen LogP contribution in [0.3, 0.4) is 0 Å². The SMILES string of the molecule is Cn1nccc1NS(=O)(=O)c1ccc(C#CCO)cc1. The molecule has 0 spiro atoms. The van der Waals surface area contributed by atoms with E-state index in [2.05, 4.69) is 21.7 Å². The van der Waals surface area contributed by atoms with Crippen molar-refractivity contribution in [1.29, 1.82) is 0 Å². The highest BCUT2D eigenvalue weighted by atomic mass is 32.2. The molecule has 1 aromatic heterocycles. The van der Waals surface area contributed by atoms with Crippen LogP contribution in [0.4, 0.5) is 5.82 Å². The molecule has 2 aromatic rings. The van der Waals surface area contributed by atoms with Crippen LogP contribution in [-0.4, -0.2) is 29.9 Å². The van der Waals surface area contributed by atoms with Gasteiger partial charge in [0, 0.05) is 18.7 Å². The van der Waals surface area contributed by atoms with Gasteiger partial charge in [-0.25, -0.2) is 8.42 Å². The average Bonchev–Trinajstić information content (AvgIpc) is 2.82. The maximum Gasteiger partial charge on any atom is 0.263 e. The second kappa shape index (κ2) is 5.77. The number of hydrogen-bond donors (Lipinski definition) is 2. The van der Waals surface area contributed by atoms with E-state index in [0.29, 0.717) is 11.4 Å². The van der Waals surface area contributed by atoms with E-state index >= 15 is 0 Å². The van der Waals surface area contributed by atoms with Crippen LogP contribution < -0.4 is 4.72 Å². The second-order valence-corrected chi connectivity index (χ2v) is 5.61. The van der Waals surface area contributed by atoms with Gasteiger partial charge in [0.05, 0.1) is 11.1 Å². The minimum Gasteiger partial charge on any atom is -0.384 e. The van der Waals surface area contributed by atoms with Gasteiger partial charge in [-0.05, 0) is 24.3 Å². The van der Waals surface area contributed by atoms with Crippen molar-refractivity contribution in [1.82, 2.24) is 9.78 Å². The first-order chi connectivity index (χ1) is 9.53. The molecule has 1 heterocycles. The maximum absolute atomic E-state index is 12.1. The maximum atomic E-state index is 12.1. The van der Waals surface area contributed by atoms with E-state index in [1.165, 1.54) is 23.0 Å². The molecule has 0 saturated carbocycles. The third-order valence-corrected chi connectivity index (χ3v) is 3.91. The summed E-state index contributed by atoms with van der Waals surface area (Å²) in [7, 11) is -2.01. The molecular weight excluding hydrogens is 278 g/mol. The van der Waals surface area contributed by atoms with Crippen molar-refractivity contribution < 1.29 is 13.5 Å². The number of aliphatic hydroxyl groups excluding tert-OH is 1. The lowest BCUT2D eigenvalue weighted by molar-refractivity contribution is 0.350. The number of aromatic nitrogens is 2. The fraction of sp³-hybridized carbons (Fsp3) is 0.154.